The van der Waals surface area contributed by atoms with E-state index in [1.165, 1.54) is 22.5 Å². The summed E-state index contributed by atoms with van der Waals surface area (Å²) in [4.78, 5) is 16.3. The average molecular weight is 392 g/mol. The fraction of sp³-hybridized carbons (Fsp3) is 0.250. The Bertz CT molecular complexity index is 960. The first-order valence-corrected chi connectivity index (χ1v) is 10.1. The Labute approximate surface area is 155 Å². The summed E-state index contributed by atoms with van der Waals surface area (Å²) in [6, 6.07) is 6.09. The van der Waals surface area contributed by atoms with Crippen molar-refractivity contribution in [2.24, 2.45) is 4.99 Å². The van der Waals surface area contributed by atoms with Gasteiger partial charge in [0.1, 0.15) is 5.69 Å². The molecule has 0 radical (unpaired) electrons. The summed E-state index contributed by atoms with van der Waals surface area (Å²) in [5.41, 5.74) is 1.15. The Morgan fingerprint density at radius 1 is 1.19 bits per heavy atom. The summed E-state index contributed by atoms with van der Waals surface area (Å²) in [6.07, 6.45) is 1.48. The molecule has 3 rings (SSSR count). The quantitative estimate of drug-likeness (QED) is 0.550. The maximum Gasteiger partial charge on any atom is 0.363 e. The molecule has 1 aromatic carbocycles. The van der Waals surface area contributed by atoms with Crippen LogP contribution in [0.2, 0.25) is 0 Å². The van der Waals surface area contributed by atoms with Crippen molar-refractivity contribution in [2.75, 3.05) is 13.1 Å². The highest BCUT2D eigenvalue weighted by Gasteiger charge is 2.26. The standard InChI is InChI=1S/C16H16N4O4S2/c1-3-20(4-2)26(22,23)13-7-5-11(6-8-13)15-17-14(16(21)24-15)9-12-10-25-19-18-12/h5-10H,3-4H2,1-2H3/b14-9-. The highest BCUT2D eigenvalue weighted by molar-refractivity contribution is 7.89. The lowest BCUT2D eigenvalue weighted by Crippen LogP contribution is -2.30. The first kappa shape index (κ1) is 18.4. The van der Waals surface area contributed by atoms with E-state index in [2.05, 4.69) is 14.6 Å². The number of benzene rings is 1. The summed E-state index contributed by atoms with van der Waals surface area (Å²) in [7, 11) is -3.54. The van der Waals surface area contributed by atoms with E-state index < -0.39 is 16.0 Å². The Hall–Kier alpha value is -2.43. The van der Waals surface area contributed by atoms with Gasteiger partial charge < -0.3 is 4.74 Å². The van der Waals surface area contributed by atoms with Crippen molar-refractivity contribution in [1.29, 1.82) is 0 Å². The van der Waals surface area contributed by atoms with Gasteiger partial charge in [0.15, 0.2) is 5.70 Å². The Balaban J connectivity index is 1.87. The maximum absolute atomic E-state index is 12.5. The molecule has 2 heterocycles. The molecule has 26 heavy (non-hydrogen) atoms. The molecular formula is C16H16N4O4S2. The van der Waals surface area contributed by atoms with Gasteiger partial charge in [-0.2, -0.15) is 4.31 Å². The van der Waals surface area contributed by atoms with Gasteiger partial charge in [-0.15, -0.1) is 5.10 Å². The number of nitrogens with zero attached hydrogens (tertiary/aromatic N) is 4. The molecule has 0 fully saturated rings. The number of aromatic nitrogens is 2. The highest BCUT2D eigenvalue weighted by Crippen LogP contribution is 2.21. The van der Waals surface area contributed by atoms with Gasteiger partial charge in [0.05, 0.1) is 4.90 Å². The van der Waals surface area contributed by atoms with Crippen LogP contribution in [-0.4, -0.2) is 47.3 Å². The predicted molar refractivity (Wildman–Crippen MR) is 97.1 cm³/mol. The zero-order chi connectivity index (χ0) is 18.7. The van der Waals surface area contributed by atoms with E-state index in [1.807, 2.05) is 0 Å². The summed E-state index contributed by atoms with van der Waals surface area (Å²) in [6.45, 7) is 4.36. The van der Waals surface area contributed by atoms with Crippen LogP contribution in [0.4, 0.5) is 0 Å². The highest BCUT2D eigenvalue weighted by atomic mass is 32.2. The van der Waals surface area contributed by atoms with Crippen LogP contribution in [-0.2, 0) is 19.6 Å². The molecule has 0 aliphatic carbocycles. The molecule has 0 spiro atoms. The molecule has 1 aromatic heterocycles. The van der Waals surface area contributed by atoms with Gasteiger partial charge in [-0.05, 0) is 41.9 Å². The Morgan fingerprint density at radius 3 is 2.46 bits per heavy atom. The molecule has 1 aliphatic rings. The average Bonchev–Trinajstić information content (AvgIpc) is 3.26. The third-order valence-electron chi connectivity index (χ3n) is 3.73. The molecule has 0 unspecified atom stereocenters. The van der Waals surface area contributed by atoms with Gasteiger partial charge in [0.2, 0.25) is 15.9 Å². The van der Waals surface area contributed by atoms with Gasteiger partial charge in [-0.1, -0.05) is 18.3 Å². The van der Waals surface area contributed by atoms with Crippen LogP contribution in [0.25, 0.3) is 6.08 Å². The van der Waals surface area contributed by atoms with Crippen molar-refractivity contribution in [3.8, 4) is 0 Å². The SMILES string of the molecule is CCN(CC)S(=O)(=O)c1ccc(C2=N/C(=C\c3csnn3)C(=O)O2)cc1. The van der Waals surface area contributed by atoms with Crippen molar-refractivity contribution < 1.29 is 17.9 Å². The molecule has 0 saturated carbocycles. The van der Waals surface area contributed by atoms with Crippen LogP contribution in [0, 0.1) is 0 Å². The van der Waals surface area contributed by atoms with Crippen LogP contribution in [0.15, 0.2) is 45.2 Å². The van der Waals surface area contributed by atoms with Crippen molar-refractivity contribution >= 4 is 39.5 Å². The smallest absolute Gasteiger partial charge is 0.363 e. The molecule has 2 aromatic rings. The Kier molecular flexibility index (Phi) is 5.25. The zero-order valence-corrected chi connectivity index (χ0v) is 15.7. The first-order valence-electron chi connectivity index (χ1n) is 7.86. The molecule has 8 nitrogen and oxygen atoms in total. The summed E-state index contributed by atoms with van der Waals surface area (Å²) < 4.78 is 35.2. The van der Waals surface area contributed by atoms with Crippen molar-refractivity contribution in [2.45, 2.75) is 18.7 Å². The van der Waals surface area contributed by atoms with Gasteiger partial charge in [0.25, 0.3) is 0 Å². The summed E-state index contributed by atoms with van der Waals surface area (Å²) >= 11 is 1.16. The first-order chi connectivity index (χ1) is 12.5. The number of carbonyl (C=O) groups is 1. The van der Waals surface area contributed by atoms with Crippen LogP contribution < -0.4 is 0 Å². The van der Waals surface area contributed by atoms with Gasteiger partial charge in [-0.25, -0.2) is 18.2 Å². The van der Waals surface area contributed by atoms with Crippen LogP contribution in [0.3, 0.4) is 0 Å². The van der Waals surface area contributed by atoms with E-state index >= 15 is 0 Å². The van der Waals surface area contributed by atoms with E-state index in [4.69, 9.17) is 4.74 Å². The number of ether oxygens (including phenoxy) is 1. The zero-order valence-electron chi connectivity index (χ0n) is 14.1. The molecule has 0 amide bonds. The normalized spacial score (nSPS) is 16.2. The van der Waals surface area contributed by atoms with Crippen LogP contribution in [0.1, 0.15) is 25.1 Å². The lowest BCUT2D eigenvalue weighted by atomic mass is 10.2. The summed E-state index contributed by atoms with van der Waals surface area (Å²) in [5.74, 6) is -0.468. The molecule has 0 atom stereocenters. The number of aliphatic imine (C=N–C) groups is 1. The molecule has 0 saturated heterocycles. The van der Waals surface area contributed by atoms with Gasteiger partial charge in [-0.3, -0.25) is 0 Å². The molecule has 0 N–H and O–H groups in total. The third-order valence-corrected chi connectivity index (χ3v) is 6.31. The second-order valence-corrected chi connectivity index (χ2v) is 7.83. The minimum Gasteiger partial charge on any atom is -0.402 e. The number of carbonyl (C=O) groups excluding carboxylic acids is 1. The number of cyclic esters (lactones) is 1. The number of hydrogen-bond acceptors (Lipinski definition) is 8. The van der Waals surface area contributed by atoms with E-state index in [9.17, 15) is 13.2 Å². The minimum absolute atomic E-state index is 0.118. The molecule has 10 heteroatoms. The van der Waals surface area contributed by atoms with E-state index in [1.54, 1.807) is 31.4 Å². The number of rotatable bonds is 6. The fourth-order valence-electron chi connectivity index (χ4n) is 2.39. The molecule has 1 aliphatic heterocycles. The molecule has 0 bridgehead atoms. The lowest BCUT2D eigenvalue weighted by Gasteiger charge is -2.18. The van der Waals surface area contributed by atoms with Crippen molar-refractivity contribution in [3.05, 3.63) is 46.6 Å². The third kappa shape index (κ3) is 3.57. The second kappa shape index (κ2) is 7.44. The summed E-state index contributed by atoms with van der Waals surface area (Å²) in [5, 5.41) is 5.51. The molecular weight excluding hydrogens is 376 g/mol. The number of hydrogen-bond donors (Lipinski definition) is 0. The minimum atomic E-state index is -3.54. The van der Waals surface area contributed by atoms with E-state index in [0.29, 0.717) is 24.3 Å². The fourth-order valence-corrected chi connectivity index (χ4v) is 4.26. The number of sulfonamides is 1. The predicted octanol–water partition coefficient (Wildman–Crippen LogP) is 1.91. The second-order valence-electron chi connectivity index (χ2n) is 5.28. The molecule has 136 valence electrons. The van der Waals surface area contributed by atoms with Gasteiger partial charge >= 0.3 is 5.97 Å². The Morgan fingerprint density at radius 2 is 1.88 bits per heavy atom. The van der Waals surface area contributed by atoms with E-state index in [-0.39, 0.29) is 16.5 Å². The van der Waals surface area contributed by atoms with Crippen molar-refractivity contribution in [1.82, 2.24) is 13.9 Å². The van der Waals surface area contributed by atoms with E-state index in [0.717, 1.165) is 11.5 Å². The topological polar surface area (TPSA) is 102 Å². The van der Waals surface area contributed by atoms with Gasteiger partial charge in [0, 0.05) is 24.0 Å². The monoisotopic (exact) mass is 392 g/mol. The van der Waals surface area contributed by atoms with Crippen molar-refractivity contribution in [3.63, 3.8) is 0 Å². The maximum atomic E-state index is 12.5. The largest absolute Gasteiger partial charge is 0.402 e. The van der Waals surface area contributed by atoms with Crippen LogP contribution in [0.5, 0.6) is 0 Å². The lowest BCUT2D eigenvalue weighted by molar-refractivity contribution is -0.129. The van der Waals surface area contributed by atoms with Crippen LogP contribution >= 0.6 is 11.5 Å². The number of esters is 1.